The van der Waals surface area contributed by atoms with E-state index in [2.05, 4.69) is 31.8 Å². The van der Waals surface area contributed by atoms with Crippen molar-refractivity contribution >= 4 is 45.6 Å². The number of carbonyl (C=O) groups is 3. The van der Waals surface area contributed by atoms with Gasteiger partial charge in [0.1, 0.15) is 12.4 Å². The van der Waals surface area contributed by atoms with E-state index >= 15 is 0 Å². The van der Waals surface area contributed by atoms with Crippen molar-refractivity contribution in [1.29, 1.82) is 0 Å². The van der Waals surface area contributed by atoms with Crippen LogP contribution in [0.2, 0.25) is 0 Å². The predicted octanol–water partition coefficient (Wildman–Crippen LogP) is 3.59. The Balaban J connectivity index is 1.35. The maximum atomic E-state index is 12.9. The third-order valence-corrected chi connectivity index (χ3v) is 6.22. The molecule has 0 spiro atoms. The van der Waals surface area contributed by atoms with Crippen molar-refractivity contribution < 1.29 is 23.9 Å². The van der Waals surface area contributed by atoms with Crippen LogP contribution in [-0.4, -0.2) is 55.1 Å². The number of amides is 3. The highest BCUT2D eigenvalue weighted by atomic mass is 79.9. The molecule has 1 aliphatic rings. The van der Waals surface area contributed by atoms with E-state index < -0.39 is 11.8 Å². The lowest BCUT2D eigenvalue weighted by molar-refractivity contribution is -0.136. The van der Waals surface area contributed by atoms with Crippen molar-refractivity contribution in [2.75, 3.05) is 31.6 Å². The van der Waals surface area contributed by atoms with Gasteiger partial charge in [0.2, 0.25) is 0 Å². The summed E-state index contributed by atoms with van der Waals surface area (Å²) in [6.07, 6.45) is 1.40. The topological polar surface area (TPSA) is 109 Å². The van der Waals surface area contributed by atoms with Crippen LogP contribution in [0.4, 0.5) is 5.69 Å². The monoisotopic (exact) mass is 564 g/mol. The first-order valence-electron chi connectivity index (χ1n) is 11.6. The molecule has 0 bridgehead atoms. The minimum Gasteiger partial charge on any atom is -0.489 e. The molecule has 10 heteroatoms. The second kappa shape index (κ2) is 12.8. The summed E-state index contributed by atoms with van der Waals surface area (Å²) in [6, 6.07) is 21.7. The fourth-order valence-corrected chi connectivity index (χ4v) is 3.91. The zero-order valence-electron chi connectivity index (χ0n) is 19.9. The summed E-state index contributed by atoms with van der Waals surface area (Å²) in [5.74, 6) is -1.54. The van der Waals surface area contributed by atoms with Gasteiger partial charge in [0, 0.05) is 23.1 Å². The van der Waals surface area contributed by atoms with Crippen molar-refractivity contribution in [1.82, 2.24) is 10.3 Å². The van der Waals surface area contributed by atoms with Gasteiger partial charge in [-0.1, -0.05) is 58.4 Å². The number of benzene rings is 3. The predicted molar refractivity (Wildman–Crippen MR) is 142 cm³/mol. The standard InChI is InChI=1S/C27H25BrN4O5/c28-23-11-10-21(37-18-19-6-2-1-3-7-19)16-20(23)17-29-31-26(34)25(33)30-24-9-5-4-8-22(24)27(35)32-12-14-36-15-13-32/h1-11,16-17H,12-15,18H2,(H,30,33)(H,31,34). The Bertz CT molecular complexity index is 1290. The van der Waals surface area contributed by atoms with Crippen LogP contribution in [0, 0.1) is 0 Å². The summed E-state index contributed by atoms with van der Waals surface area (Å²) in [4.78, 5) is 39.3. The van der Waals surface area contributed by atoms with Crippen LogP contribution < -0.4 is 15.5 Å². The van der Waals surface area contributed by atoms with Gasteiger partial charge in [-0.15, -0.1) is 0 Å². The normalized spacial score (nSPS) is 13.3. The Labute approximate surface area is 222 Å². The highest BCUT2D eigenvalue weighted by Crippen LogP contribution is 2.22. The number of para-hydroxylation sites is 1. The lowest BCUT2D eigenvalue weighted by Crippen LogP contribution is -2.41. The Morgan fingerprint density at radius 1 is 0.973 bits per heavy atom. The van der Waals surface area contributed by atoms with Gasteiger partial charge in [0.25, 0.3) is 5.91 Å². The van der Waals surface area contributed by atoms with Crippen molar-refractivity contribution in [2.45, 2.75) is 6.61 Å². The summed E-state index contributed by atoms with van der Waals surface area (Å²) in [5, 5.41) is 6.39. The molecule has 0 atom stereocenters. The number of anilines is 1. The highest BCUT2D eigenvalue weighted by molar-refractivity contribution is 9.10. The van der Waals surface area contributed by atoms with Crippen LogP contribution in [0.5, 0.6) is 5.75 Å². The van der Waals surface area contributed by atoms with Crippen molar-refractivity contribution in [3.63, 3.8) is 0 Å². The SMILES string of the molecule is O=C(NN=Cc1cc(OCc2ccccc2)ccc1Br)C(=O)Nc1ccccc1C(=O)N1CCOCC1. The summed E-state index contributed by atoms with van der Waals surface area (Å²) in [5.41, 5.74) is 4.43. The van der Waals surface area contributed by atoms with E-state index in [0.29, 0.717) is 49.8 Å². The Morgan fingerprint density at radius 3 is 2.49 bits per heavy atom. The fourth-order valence-electron chi connectivity index (χ4n) is 3.56. The summed E-state index contributed by atoms with van der Waals surface area (Å²) < 4.78 is 11.8. The molecule has 9 nitrogen and oxygen atoms in total. The number of ether oxygens (including phenoxy) is 2. The van der Waals surface area contributed by atoms with E-state index in [4.69, 9.17) is 9.47 Å². The van der Waals surface area contributed by atoms with Gasteiger partial charge in [-0.25, -0.2) is 5.43 Å². The number of nitrogens with one attached hydrogen (secondary N) is 2. The molecule has 1 aliphatic heterocycles. The number of rotatable bonds is 7. The quantitative estimate of drug-likeness (QED) is 0.259. The minimum atomic E-state index is -0.975. The largest absolute Gasteiger partial charge is 0.489 e. The molecule has 1 saturated heterocycles. The summed E-state index contributed by atoms with van der Waals surface area (Å²) in [6.45, 7) is 2.25. The number of halogens is 1. The Kier molecular flexibility index (Phi) is 9.01. The molecule has 3 aromatic carbocycles. The Morgan fingerprint density at radius 2 is 1.70 bits per heavy atom. The first-order valence-corrected chi connectivity index (χ1v) is 12.4. The molecule has 190 valence electrons. The number of hydrazone groups is 1. The number of morpholine rings is 1. The smallest absolute Gasteiger partial charge is 0.329 e. The van der Waals surface area contributed by atoms with Gasteiger partial charge in [-0.05, 0) is 35.9 Å². The van der Waals surface area contributed by atoms with Gasteiger partial charge >= 0.3 is 11.8 Å². The van der Waals surface area contributed by atoms with Crippen LogP contribution >= 0.6 is 15.9 Å². The molecule has 4 rings (SSSR count). The number of hydrogen-bond donors (Lipinski definition) is 2. The zero-order valence-corrected chi connectivity index (χ0v) is 21.4. The molecule has 0 radical (unpaired) electrons. The molecule has 3 amide bonds. The molecule has 0 unspecified atom stereocenters. The lowest BCUT2D eigenvalue weighted by atomic mass is 10.1. The molecule has 3 aromatic rings. The van der Waals surface area contributed by atoms with Crippen LogP contribution in [0.3, 0.4) is 0 Å². The molecule has 2 N–H and O–H groups in total. The Hall–Kier alpha value is -4.02. The number of carbonyl (C=O) groups excluding carboxylic acids is 3. The first kappa shape index (κ1) is 26.1. The van der Waals surface area contributed by atoms with Gasteiger partial charge in [0.05, 0.1) is 30.7 Å². The zero-order chi connectivity index (χ0) is 26.0. The van der Waals surface area contributed by atoms with E-state index in [-0.39, 0.29) is 11.6 Å². The molecule has 1 fully saturated rings. The van der Waals surface area contributed by atoms with E-state index in [9.17, 15) is 14.4 Å². The van der Waals surface area contributed by atoms with Crippen molar-refractivity contribution in [2.24, 2.45) is 5.10 Å². The average molecular weight is 565 g/mol. The van der Waals surface area contributed by atoms with Gasteiger partial charge in [0.15, 0.2) is 0 Å². The van der Waals surface area contributed by atoms with Crippen molar-refractivity contribution in [3.05, 3.63) is 94.0 Å². The number of nitrogens with zero attached hydrogens (tertiary/aromatic N) is 2. The van der Waals surface area contributed by atoms with Gasteiger partial charge < -0.3 is 19.7 Å². The van der Waals surface area contributed by atoms with E-state index in [0.717, 1.165) is 10.0 Å². The van der Waals surface area contributed by atoms with Crippen LogP contribution in [-0.2, 0) is 20.9 Å². The van der Waals surface area contributed by atoms with Crippen LogP contribution in [0.25, 0.3) is 0 Å². The van der Waals surface area contributed by atoms with E-state index in [1.807, 2.05) is 36.4 Å². The maximum Gasteiger partial charge on any atom is 0.329 e. The molecule has 0 saturated carbocycles. The molecular weight excluding hydrogens is 540 g/mol. The third-order valence-electron chi connectivity index (χ3n) is 5.50. The molecule has 37 heavy (non-hydrogen) atoms. The second-order valence-corrected chi connectivity index (χ2v) is 8.92. The van der Waals surface area contributed by atoms with Gasteiger partial charge in [-0.2, -0.15) is 5.10 Å². The van der Waals surface area contributed by atoms with Crippen LogP contribution in [0.1, 0.15) is 21.5 Å². The summed E-state index contributed by atoms with van der Waals surface area (Å²) >= 11 is 3.44. The minimum absolute atomic E-state index is 0.239. The van der Waals surface area contributed by atoms with Gasteiger partial charge in [-0.3, -0.25) is 14.4 Å². The van der Waals surface area contributed by atoms with E-state index in [1.54, 1.807) is 41.3 Å². The number of hydrogen-bond acceptors (Lipinski definition) is 6. The maximum absolute atomic E-state index is 12.9. The molecule has 1 heterocycles. The first-order chi connectivity index (χ1) is 18.0. The van der Waals surface area contributed by atoms with Crippen LogP contribution in [0.15, 0.2) is 82.4 Å². The average Bonchev–Trinajstić information content (AvgIpc) is 2.94. The highest BCUT2D eigenvalue weighted by Gasteiger charge is 2.23. The van der Waals surface area contributed by atoms with E-state index in [1.165, 1.54) is 6.21 Å². The third kappa shape index (κ3) is 7.25. The molecule has 0 aliphatic carbocycles. The summed E-state index contributed by atoms with van der Waals surface area (Å²) in [7, 11) is 0. The molecule has 0 aromatic heterocycles. The molecular formula is C27H25BrN4O5. The van der Waals surface area contributed by atoms with Crippen molar-refractivity contribution in [3.8, 4) is 5.75 Å². The lowest BCUT2D eigenvalue weighted by Gasteiger charge is -2.27. The second-order valence-electron chi connectivity index (χ2n) is 8.06. The fraction of sp³-hybridized carbons (Fsp3) is 0.185.